The van der Waals surface area contributed by atoms with E-state index in [1.54, 1.807) is 0 Å². The molecule has 0 saturated carbocycles. The Morgan fingerprint density at radius 1 is 0.367 bits per heavy atom. The summed E-state index contributed by atoms with van der Waals surface area (Å²) in [7, 11) is 0. The van der Waals surface area contributed by atoms with Gasteiger partial charge in [0.2, 0.25) is 0 Å². The van der Waals surface area contributed by atoms with Crippen LogP contribution in [0.1, 0.15) is 5.56 Å². The number of aryl methyl sites for hydroxylation is 1. The van der Waals surface area contributed by atoms with Crippen LogP contribution in [-0.2, 0) is 0 Å². The maximum Gasteiger partial charge on any atom is 0.0547 e. The highest BCUT2D eigenvalue weighted by Gasteiger charge is 2.25. The van der Waals surface area contributed by atoms with Crippen molar-refractivity contribution in [1.29, 1.82) is 0 Å². The third-order valence-electron chi connectivity index (χ3n) is 10.6. The van der Waals surface area contributed by atoms with Crippen LogP contribution in [-0.4, -0.2) is 4.57 Å². The van der Waals surface area contributed by atoms with Crippen molar-refractivity contribution < 1.29 is 0 Å². The van der Waals surface area contributed by atoms with Crippen LogP contribution >= 0.6 is 0 Å². The summed E-state index contributed by atoms with van der Waals surface area (Å²) in [4.78, 5) is 2.35. The van der Waals surface area contributed by atoms with Gasteiger partial charge < -0.3 is 9.47 Å². The topological polar surface area (TPSA) is 8.17 Å². The lowest BCUT2D eigenvalue weighted by molar-refractivity contribution is 1.19. The summed E-state index contributed by atoms with van der Waals surface area (Å²) >= 11 is 0. The van der Waals surface area contributed by atoms with Gasteiger partial charge >= 0.3 is 0 Å². The monoisotopic (exact) mass is 622 g/mol. The molecule has 2 heteroatoms. The van der Waals surface area contributed by atoms with Gasteiger partial charge in [0.05, 0.1) is 11.0 Å². The van der Waals surface area contributed by atoms with E-state index in [0.717, 1.165) is 17.1 Å². The molecule has 0 unspecified atom stereocenters. The molecule has 9 aromatic carbocycles. The summed E-state index contributed by atoms with van der Waals surface area (Å²) in [6.07, 6.45) is 0. The first-order chi connectivity index (χ1) is 24.2. The number of rotatable bonds is 4. The van der Waals surface area contributed by atoms with Gasteiger partial charge in [-0.3, -0.25) is 0 Å². The zero-order valence-corrected chi connectivity index (χ0v) is 27.0. The molecule has 1 heterocycles. The molecule has 0 atom stereocenters. The Labute approximate surface area is 284 Å². The molecule has 11 rings (SSSR count). The number of hydrogen-bond donors (Lipinski definition) is 0. The summed E-state index contributed by atoms with van der Waals surface area (Å²) in [5.41, 5.74) is 13.8. The zero-order valence-electron chi connectivity index (χ0n) is 27.0. The first kappa shape index (κ1) is 26.7. The quantitative estimate of drug-likeness (QED) is 0.177. The van der Waals surface area contributed by atoms with E-state index in [2.05, 4.69) is 180 Å². The lowest BCUT2D eigenvalue weighted by Crippen LogP contribution is -2.09. The molecule has 1 aliphatic rings. The second-order valence-corrected chi connectivity index (χ2v) is 13.5. The first-order valence-corrected chi connectivity index (χ1v) is 17.0. The number of nitrogens with zero attached hydrogens (tertiary/aromatic N) is 2. The predicted octanol–water partition coefficient (Wildman–Crippen LogP) is 13.1. The van der Waals surface area contributed by atoms with E-state index in [9.17, 15) is 0 Å². The fourth-order valence-electron chi connectivity index (χ4n) is 8.29. The minimum atomic E-state index is 1.15. The fourth-order valence-corrected chi connectivity index (χ4v) is 8.29. The fraction of sp³-hybridized carbons (Fsp3) is 0.0213. The number of fused-ring (bicyclic) bond motifs is 6. The van der Waals surface area contributed by atoms with Crippen LogP contribution in [0.15, 0.2) is 164 Å². The van der Waals surface area contributed by atoms with Crippen LogP contribution < -0.4 is 4.90 Å². The lowest BCUT2D eigenvalue weighted by atomic mass is 9.78. The molecule has 49 heavy (non-hydrogen) atoms. The van der Waals surface area contributed by atoms with Crippen LogP contribution in [0.2, 0.25) is 0 Å². The normalized spacial score (nSPS) is 12.2. The molecular formula is C47H30N2. The zero-order chi connectivity index (χ0) is 32.2. The summed E-state index contributed by atoms with van der Waals surface area (Å²) in [6.45, 7) is 2.14. The number of aromatic nitrogens is 1. The Hall–Kier alpha value is -6.38. The lowest BCUT2D eigenvalue weighted by Gasteiger charge is -2.28. The molecule has 0 saturated heterocycles. The smallest absolute Gasteiger partial charge is 0.0547 e. The highest BCUT2D eigenvalue weighted by molar-refractivity contribution is 6.24. The molecule has 0 amide bonds. The first-order valence-electron chi connectivity index (χ1n) is 17.0. The van der Waals surface area contributed by atoms with Gasteiger partial charge in [0.1, 0.15) is 0 Å². The minimum Gasteiger partial charge on any atom is -0.310 e. The highest BCUT2D eigenvalue weighted by atomic mass is 15.1. The standard InChI is InChI=1S/C47H30N2/c1-29-13-19-37(20-14-29)48(36-9-3-2-4-10-36)38-21-17-32-25-40-41-26-33-18-22-39(24-35(33)28-43(41)42(40)27-34(32)23-38)49-44-11-5-7-30-15-16-31-8-6-12-45(49)47(31)46(30)44/h2-28H,1H3. The third kappa shape index (κ3) is 3.83. The Morgan fingerprint density at radius 2 is 0.878 bits per heavy atom. The van der Waals surface area contributed by atoms with Crippen molar-refractivity contribution in [2.45, 2.75) is 6.92 Å². The maximum absolute atomic E-state index is 2.44. The summed E-state index contributed by atoms with van der Waals surface area (Å²) < 4.78 is 2.44. The molecular weight excluding hydrogens is 593 g/mol. The summed E-state index contributed by atoms with van der Waals surface area (Å²) in [6, 6.07) is 60.6. The van der Waals surface area contributed by atoms with Crippen molar-refractivity contribution in [1.82, 2.24) is 4.57 Å². The summed E-state index contributed by atoms with van der Waals surface area (Å²) in [5, 5.41) is 10.3. The molecule has 0 N–H and O–H groups in total. The Balaban J connectivity index is 1.04. The second-order valence-electron chi connectivity index (χ2n) is 13.5. The molecule has 0 radical (unpaired) electrons. The van der Waals surface area contributed by atoms with Crippen LogP contribution in [0.5, 0.6) is 0 Å². The van der Waals surface area contributed by atoms with Gasteiger partial charge in [-0.1, -0.05) is 84.4 Å². The largest absolute Gasteiger partial charge is 0.310 e. The predicted molar refractivity (Wildman–Crippen MR) is 208 cm³/mol. The van der Waals surface area contributed by atoms with Gasteiger partial charge in [0, 0.05) is 33.5 Å². The van der Waals surface area contributed by atoms with Crippen molar-refractivity contribution in [2.24, 2.45) is 0 Å². The molecule has 0 bridgehead atoms. The van der Waals surface area contributed by atoms with E-state index in [0.29, 0.717) is 0 Å². The molecule has 1 aromatic heterocycles. The number of hydrogen-bond acceptors (Lipinski definition) is 1. The van der Waals surface area contributed by atoms with Crippen molar-refractivity contribution in [3.63, 3.8) is 0 Å². The molecule has 2 nitrogen and oxygen atoms in total. The Morgan fingerprint density at radius 3 is 1.51 bits per heavy atom. The number of benzene rings is 9. The summed E-state index contributed by atoms with van der Waals surface area (Å²) in [5.74, 6) is 0. The van der Waals surface area contributed by atoms with Crippen molar-refractivity contribution in [3.05, 3.63) is 169 Å². The SMILES string of the molecule is Cc1ccc(N(c2ccccc2)c2ccc3cc4c(cc3c2)-c2cc3cc(-n5c6cccc7ccc8cccc5c8c76)ccc3cc2-4)cc1. The van der Waals surface area contributed by atoms with E-state index < -0.39 is 0 Å². The molecule has 228 valence electrons. The second kappa shape index (κ2) is 9.82. The molecule has 0 spiro atoms. The van der Waals surface area contributed by atoms with E-state index in [1.165, 1.54) is 87.6 Å². The van der Waals surface area contributed by atoms with Crippen molar-refractivity contribution in [2.75, 3.05) is 4.90 Å². The van der Waals surface area contributed by atoms with Gasteiger partial charge in [-0.2, -0.15) is 0 Å². The van der Waals surface area contributed by atoms with Gasteiger partial charge in [0.25, 0.3) is 0 Å². The van der Waals surface area contributed by atoms with E-state index in [-0.39, 0.29) is 0 Å². The van der Waals surface area contributed by atoms with Crippen LogP contribution in [0.25, 0.3) is 82.1 Å². The van der Waals surface area contributed by atoms with Crippen molar-refractivity contribution in [3.8, 4) is 27.9 Å². The Kier molecular flexibility index (Phi) is 5.34. The van der Waals surface area contributed by atoms with E-state index >= 15 is 0 Å². The van der Waals surface area contributed by atoms with Gasteiger partial charge in [-0.05, 0) is 146 Å². The Bertz CT molecular complexity index is 2860. The average Bonchev–Trinajstić information content (AvgIpc) is 3.49. The van der Waals surface area contributed by atoms with Gasteiger partial charge in [-0.25, -0.2) is 0 Å². The number of anilines is 3. The molecule has 0 aliphatic heterocycles. The van der Waals surface area contributed by atoms with E-state index in [4.69, 9.17) is 0 Å². The number of para-hydroxylation sites is 1. The van der Waals surface area contributed by atoms with Gasteiger partial charge in [-0.15, -0.1) is 0 Å². The van der Waals surface area contributed by atoms with Crippen molar-refractivity contribution >= 4 is 71.2 Å². The minimum absolute atomic E-state index is 1.15. The maximum atomic E-state index is 2.44. The van der Waals surface area contributed by atoms with Gasteiger partial charge in [0.15, 0.2) is 0 Å². The van der Waals surface area contributed by atoms with Crippen LogP contribution in [0.4, 0.5) is 17.1 Å². The molecule has 0 fully saturated rings. The molecule has 10 aromatic rings. The highest BCUT2D eigenvalue weighted by Crippen LogP contribution is 2.51. The molecule has 1 aliphatic carbocycles. The average molecular weight is 623 g/mol. The van der Waals surface area contributed by atoms with Crippen LogP contribution in [0, 0.1) is 6.92 Å². The third-order valence-corrected chi connectivity index (χ3v) is 10.6. The van der Waals surface area contributed by atoms with E-state index in [1.807, 2.05) is 0 Å². The van der Waals surface area contributed by atoms with Crippen LogP contribution in [0.3, 0.4) is 0 Å².